The highest BCUT2D eigenvalue weighted by atomic mass is 32.2. The summed E-state index contributed by atoms with van der Waals surface area (Å²) in [5.74, 6) is -1.26. The lowest BCUT2D eigenvalue weighted by molar-refractivity contribution is 0.0520. The number of nitrogens with one attached hydrogen (secondary N) is 1. The van der Waals surface area contributed by atoms with Gasteiger partial charge < -0.3 is 14.6 Å². The number of aromatic nitrogens is 3. The number of carbonyl (C=O) groups is 2. The Morgan fingerprint density at radius 2 is 2.00 bits per heavy atom. The highest BCUT2D eigenvalue weighted by Crippen LogP contribution is 2.24. The number of nitrogens with zero attached hydrogens (tertiary/aromatic N) is 4. The van der Waals surface area contributed by atoms with Crippen LogP contribution in [0.25, 0.3) is 0 Å². The SMILES string of the molecule is CCOC(=O)c1nnsc1NC(=O)c1cc(S(=O)(=O)N2CCCCC2)cn1C. The van der Waals surface area contributed by atoms with Crippen LogP contribution in [0.5, 0.6) is 0 Å². The molecule has 12 heteroatoms. The number of sulfonamides is 1. The van der Waals surface area contributed by atoms with E-state index in [0.717, 1.165) is 30.8 Å². The molecule has 2 aromatic rings. The van der Waals surface area contributed by atoms with E-state index in [1.165, 1.54) is 21.1 Å². The Morgan fingerprint density at radius 1 is 1.29 bits per heavy atom. The maximum Gasteiger partial charge on any atom is 0.362 e. The number of ether oxygens (including phenoxy) is 1. The van der Waals surface area contributed by atoms with Gasteiger partial charge in [-0.3, -0.25) is 4.79 Å². The Bertz CT molecular complexity index is 975. The number of hydrogen-bond acceptors (Lipinski definition) is 8. The number of amides is 1. The van der Waals surface area contributed by atoms with Crippen LogP contribution in [0.2, 0.25) is 0 Å². The van der Waals surface area contributed by atoms with Crippen molar-refractivity contribution in [2.45, 2.75) is 31.1 Å². The molecule has 3 rings (SSSR count). The molecule has 1 fully saturated rings. The Morgan fingerprint density at radius 3 is 2.68 bits per heavy atom. The number of aryl methyl sites for hydroxylation is 1. The van der Waals surface area contributed by atoms with Gasteiger partial charge in [0.1, 0.15) is 10.6 Å². The fourth-order valence-electron chi connectivity index (χ4n) is 2.93. The van der Waals surface area contributed by atoms with Crippen LogP contribution in [0.3, 0.4) is 0 Å². The van der Waals surface area contributed by atoms with Crippen LogP contribution in [0, 0.1) is 0 Å². The minimum Gasteiger partial charge on any atom is -0.461 e. The van der Waals surface area contributed by atoms with Crippen molar-refractivity contribution in [2.24, 2.45) is 7.05 Å². The fourth-order valence-corrected chi connectivity index (χ4v) is 5.07. The maximum absolute atomic E-state index is 12.8. The second-order valence-electron chi connectivity index (χ2n) is 6.26. The maximum atomic E-state index is 12.8. The van der Waals surface area contributed by atoms with Crippen LogP contribution >= 0.6 is 11.5 Å². The van der Waals surface area contributed by atoms with E-state index in [2.05, 4.69) is 14.9 Å². The summed E-state index contributed by atoms with van der Waals surface area (Å²) in [6, 6.07) is 1.33. The molecule has 0 aliphatic carbocycles. The zero-order valence-electron chi connectivity index (χ0n) is 15.5. The van der Waals surface area contributed by atoms with Crippen molar-refractivity contribution in [2.75, 3.05) is 25.0 Å². The average Bonchev–Trinajstić information content (AvgIpc) is 3.29. The van der Waals surface area contributed by atoms with Crippen molar-refractivity contribution in [3.05, 3.63) is 23.7 Å². The third kappa shape index (κ3) is 4.08. The predicted octanol–water partition coefficient (Wildman–Crippen LogP) is 1.48. The number of esters is 1. The fraction of sp³-hybridized carbons (Fsp3) is 0.500. The highest BCUT2D eigenvalue weighted by molar-refractivity contribution is 7.89. The molecule has 0 unspecified atom stereocenters. The van der Waals surface area contributed by atoms with Crippen molar-refractivity contribution in [1.82, 2.24) is 18.5 Å². The van der Waals surface area contributed by atoms with E-state index in [9.17, 15) is 18.0 Å². The van der Waals surface area contributed by atoms with Gasteiger partial charge in [-0.05, 0) is 25.8 Å². The van der Waals surface area contributed by atoms with Crippen LogP contribution in [-0.2, 0) is 21.8 Å². The molecular weight excluding hydrogens is 406 g/mol. The van der Waals surface area contributed by atoms with E-state index in [1.54, 1.807) is 14.0 Å². The normalized spacial score (nSPS) is 15.4. The molecule has 10 nitrogen and oxygen atoms in total. The third-order valence-corrected chi connectivity index (χ3v) is 6.85. The van der Waals surface area contributed by atoms with Crippen LogP contribution in [0.15, 0.2) is 17.2 Å². The topological polar surface area (TPSA) is 123 Å². The second kappa shape index (κ2) is 8.37. The Hall–Kier alpha value is -2.31. The van der Waals surface area contributed by atoms with Gasteiger partial charge in [-0.15, -0.1) is 5.10 Å². The molecule has 0 saturated carbocycles. The molecule has 1 N–H and O–H groups in total. The van der Waals surface area contributed by atoms with Crippen LogP contribution in [-0.4, -0.2) is 58.4 Å². The van der Waals surface area contributed by atoms with Gasteiger partial charge in [-0.25, -0.2) is 13.2 Å². The first-order valence-electron chi connectivity index (χ1n) is 8.82. The number of carbonyl (C=O) groups excluding carboxylic acids is 2. The zero-order valence-corrected chi connectivity index (χ0v) is 17.2. The van der Waals surface area contributed by atoms with Gasteiger partial charge in [0, 0.05) is 37.9 Å². The van der Waals surface area contributed by atoms with Gasteiger partial charge in [0.2, 0.25) is 15.7 Å². The van der Waals surface area contributed by atoms with Crippen molar-refractivity contribution < 1.29 is 22.7 Å². The number of rotatable bonds is 6. The van der Waals surface area contributed by atoms with Crippen molar-refractivity contribution in [3.8, 4) is 0 Å². The van der Waals surface area contributed by atoms with E-state index >= 15 is 0 Å². The molecule has 1 aliphatic rings. The summed E-state index contributed by atoms with van der Waals surface area (Å²) in [5.41, 5.74) is 0.0503. The molecule has 1 amide bonds. The Balaban J connectivity index is 1.81. The van der Waals surface area contributed by atoms with Crippen molar-refractivity contribution in [3.63, 3.8) is 0 Å². The molecule has 2 aromatic heterocycles. The molecule has 0 bridgehead atoms. The van der Waals surface area contributed by atoms with E-state index in [-0.39, 0.29) is 27.9 Å². The van der Waals surface area contributed by atoms with E-state index in [1.807, 2.05) is 0 Å². The smallest absolute Gasteiger partial charge is 0.362 e. The molecular formula is C16H21N5O5S2. The Kier molecular flexibility index (Phi) is 6.10. The lowest BCUT2D eigenvalue weighted by atomic mass is 10.2. The average molecular weight is 428 g/mol. The van der Waals surface area contributed by atoms with E-state index in [4.69, 9.17) is 4.74 Å². The molecule has 0 radical (unpaired) electrons. The number of hydrogen-bond donors (Lipinski definition) is 1. The van der Waals surface area contributed by atoms with Gasteiger partial charge >= 0.3 is 5.97 Å². The summed E-state index contributed by atoms with van der Waals surface area (Å²) in [7, 11) is -2.07. The lowest BCUT2D eigenvalue weighted by Crippen LogP contribution is -2.35. The minimum absolute atomic E-state index is 0.0649. The third-order valence-electron chi connectivity index (χ3n) is 4.35. The number of anilines is 1. The van der Waals surface area contributed by atoms with Gasteiger partial charge in [-0.2, -0.15) is 4.31 Å². The van der Waals surface area contributed by atoms with Crippen LogP contribution < -0.4 is 5.32 Å². The second-order valence-corrected chi connectivity index (χ2v) is 8.95. The van der Waals surface area contributed by atoms with Gasteiger partial charge in [0.25, 0.3) is 5.91 Å². The summed E-state index contributed by atoms with van der Waals surface area (Å²) in [5, 5.41) is 6.38. The minimum atomic E-state index is -3.65. The van der Waals surface area contributed by atoms with Crippen LogP contribution in [0.1, 0.15) is 47.2 Å². The molecule has 3 heterocycles. The molecule has 0 atom stereocenters. The largest absolute Gasteiger partial charge is 0.461 e. The zero-order chi connectivity index (χ0) is 20.3. The first kappa shape index (κ1) is 20.4. The predicted molar refractivity (Wildman–Crippen MR) is 102 cm³/mol. The molecule has 0 aromatic carbocycles. The molecule has 152 valence electrons. The summed E-state index contributed by atoms with van der Waals surface area (Å²) in [4.78, 5) is 24.6. The van der Waals surface area contributed by atoms with Crippen LogP contribution in [0.4, 0.5) is 5.00 Å². The van der Waals surface area contributed by atoms with Gasteiger partial charge in [-0.1, -0.05) is 10.9 Å². The molecule has 1 saturated heterocycles. The molecule has 1 aliphatic heterocycles. The number of piperidine rings is 1. The Labute approximate surface area is 166 Å². The van der Waals surface area contributed by atoms with E-state index < -0.39 is 21.9 Å². The standard InChI is InChI=1S/C16H21N5O5S2/c1-3-26-16(23)13-15(27-19-18-13)17-14(22)12-9-11(10-20(12)2)28(24,25)21-7-5-4-6-8-21/h9-10H,3-8H2,1-2H3,(H,17,22). The monoisotopic (exact) mass is 427 g/mol. The summed E-state index contributed by atoms with van der Waals surface area (Å²) < 4.78 is 37.0. The molecule has 0 spiro atoms. The van der Waals surface area contributed by atoms with E-state index in [0.29, 0.717) is 13.1 Å². The highest BCUT2D eigenvalue weighted by Gasteiger charge is 2.29. The van der Waals surface area contributed by atoms with Gasteiger partial charge in [0.15, 0.2) is 5.00 Å². The summed E-state index contributed by atoms with van der Waals surface area (Å²) >= 11 is 0.838. The summed E-state index contributed by atoms with van der Waals surface area (Å²) in [6.07, 6.45) is 4.08. The van der Waals surface area contributed by atoms with Gasteiger partial charge in [0.05, 0.1) is 6.61 Å². The summed E-state index contributed by atoms with van der Waals surface area (Å²) in [6.45, 7) is 2.78. The lowest BCUT2D eigenvalue weighted by Gasteiger charge is -2.25. The first-order valence-corrected chi connectivity index (χ1v) is 11.0. The van der Waals surface area contributed by atoms with Crippen molar-refractivity contribution in [1.29, 1.82) is 0 Å². The first-order chi connectivity index (χ1) is 13.3. The van der Waals surface area contributed by atoms with Crippen molar-refractivity contribution >= 4 is 38.4 Å². The quantitative estimate of drug-likeness (QED) is 0.693. The molecule has 28 heavy (non-hydrogen) atoms.